The summed E-state index contributed by atoms with van der Waals surface area (Å²) in [5, 5.41) is 0. The summed E-state index contributed by atoms with van der Waals surface area (Å²) in [6.45, 7) is 1.45. The van der Waals surface area contributed by atoms with Gasteiger partial charge in [-0.25, -0.2) is 0 Å². The van der Waals surface area contributed by atoms with Crippen molar-refractivity contribution < 1.29 is 4.79 Å². The zero-order chi connectivity index (χ0) is 5.11. The Balaban J connectivity index is 2.26. The van der Waals surface area contributed by atoms with Gasteiger partial charge in [0.15, 0.2) is 0 Å². The molecule has 0 bridgehead atoms. The van der Waals surface area contributed by atoms with Crippen LogP contribution in [0.1, 0.15) is 0 Å². The van der Waals surface area contributed by atoms with Crippen LogP contribution >= 0.6 is 0 Å². The number of carbonyl (C=O) groups excluding carboxylic acids is 1. The second-order valence-electron chi connectivity index (χ2n) is 1.58. The Morgan fingerprint density at radius 1 is 1.43 bits per heavy atom. The van der Waals surface area contributed by atoms with Crippen LogP contribution in [0.2, 0.25) is 0 Å². The lowest BCUT2D eigenvalue weighted by Gasteiger charge is -1.86. The van der Waals surface area contributed by atoms with E-state index in [9.17, 15) is 4.79 Å². The third-order valence-corrected chi connectivity index (χ3v) is 0.989. The first-order chi connectivity index (χ1) is 3.43. The molecule has 0 saturated carbocycles. The van der Waals surface area contributed by atoms with Crippen molar-refractivity contribution in [2.24, 2.45) is 5.92 Å². The van der Waals surface area contributed by atoms with E-state index >= 15 is 0 Å². The van der Waals surface area contributed by atoms with Gasteiger partial charge in [0.05, 0.1) is 5.92 Å². The van der Waals surface area contributed by atoms with E-state index in [0.29, 0.717) is 0 Å². The van der Waals surface area contributed by atoms with Crippen LogP contribution in [0.15, 0.2) is 0 Å². The average molecular weight is 99.1 g/mol. The lowest BCUT2D eigenvalue weighted by Crippen LogP contribution is -2.21. The minimum Gasteiger partial charge on any atom is -0.290 e. The highest BCUT2D eigenvalue weighted by molar-refractivity contribution is 5.55. The second kappa shape index (κ2) is 2.04. The first-order valence-corrected chi connectivity index (χ1v) is 2.27. The maximum atomic E-state index is 9.80. The predicted octanol–water partition coefficient (Wildman–Crippen LogP) is -1.18. The Morgan fingerprint density at radius 2 is 2.00 bits per heavy atom. The molecule has 0 aromatic heterocycles. The Bertz CT molecular complexity index is 68.1. The highest BCUT2D eigenvalue weighted by atomic mass is 16.1. The van der Waals surface area contributed by atoms with Crippen LogP contribution in [0.5, 0.6) is 0 Å². The average Bonchev–Trinajstić information content (AvgIpc) is 2.14. The quantitative estimate of drug-likeness (QED) is 0.435. The van der Waals surface area contributed by atoms with Gasteiger partial charge in [0.2, 0.25) is 6.29 Å². The molecule has 1 radical (unpaired) electrons. The van der Waals surface area contributed by atoms with Crippen molar-refractivity contribution in [3.63, 3.8) is 0 Å². The number of hydrogen-bond donors (Lipinski definition) is 2. The van der Waals surface area contributed by atoms with E-state index in [1.54, 1.807) is 0 Å². The Labute approximate surface area is 42.1 Å². The van der Waals surface area contributed by atoms with E-state index in [2.05, 4.69) is 10.9 Å². The van der Waals surface area contributed by atoms with Gasteiger partial charge in [0.25, 0.3) is 0 Å². The third-order valence-electron chi connectivity index (χ3n) is 0.989. The second-order valence-corrected chi connectivity index (χ2v) is 1.58. The fraction of sp³-hybridized carbons (Fsp3) is 0.750. The van der Waals surface area contributed by atoms with Crippen LogP contribution in [0.25, 0.3) is 0 Å². The van der Waals surface area contributed by atoms with Crippen molar-refractivity contribution in [1.82, 2.24) is 10.9 Å². The molecule has 39 valence electrons. The molecule has 3 heteroatoms. The fourth-order valence-electron chi connectivity index (χ4n) is 0.546. The Kier molecular flexibility index (Phi) is 1.38. The number of hydrazine groups is 1. The molecule has 0 aromatic rings. The summed E-state index contributed by atoms with van der Waals surface area (Å²) >= 11 is 0. The van der Waals surface area contributed by atoms with Crippen molar-refractivity contribution in [3.05, 3.63) is 0 Å². The van der Waals surface area contributed by atoms with E-state index in [4.69, 9.17) is 0 Å². The van der Waals surface area contributed by atoms with E-state index in [1.807, 2.05) is 6.29 Å². The van der Waals surface area contributed by atoms with Gasteiger partial charge in [0, 0.05) is 13.1 Å². The first-order valence-electron chi connectivity index (χ1n) is 2.27. The van der Waals surface area contributed by atoms with Gasteiger partial charge in [0.1, 0.15) is 0 Å². The molecule has 7 heavy (non-hydrogen) atoms. The van der Waals surface area contributed by atoms with Crippen LogP contribution in [0.4, 0.5) is 0 Å². The standard InChI is InChI=1S/C4H7N2O/c7-3-4-1-5-6-2-4/h4-6H,1-2H2. The van der Waals surface area contributed by atoms with Crippen LogP contribution in [-0.4, -0.2) is 19.4 Å². The summed E-state index contributed by atoms with van der Waals surface area (Å²) in [6.07, 6.45) is 1.89. The van der Waals surface area contributed by atoms with Crippen molar-refractivity contribution in [2.75, 3.05) is 13.1 Å². The Hall–Kier alpha value is -0.410. The SMILES string of the molecule is O=[C]C1CNNC1. The fourth-order valence-corrected chi connectivity index (χ4v) is 0.546. The molecule has 3 nitrogen and oxygen atoms in total. The van der Waals surface area contributed by atoms with E-state index in [0.717, 1.165) is 13.1 Å². The molecule has 1 rings (SSSR count). The molecule has 1 aliphatic rings. The van der Waals surface area contributed by atoms with Crippen molar-refractivity contribution in [2.45, 2.75) is 0 Å². The molecule has 0 amide bonds. The summed E-state index contributed by atoms with van der Waals surface area (Å²) in [5.41, 5.74) is 5.62. The van der Waals surface area contributed by atoms with Gasteiger partial charge >= 0.3 is 0 Å². The van der Waals surface area contributed by atoms with Gasteiger partial charge in [-0.2, -0.15) is 0 Å². The topological polar surface area (TPSA) is 41.1 Å². The molecule has 0 unspecified atom stereocenters. The minimum atomic E-state index is 0.0694. The summed E-state index contributed by atoms with van der Waals surface area (Å²) < 4.78 is 0. The van der Waals surface area contributed by atoms with Crippen LogP contribution in [-0.2, 0) is 4.79 Å². The highest BCUT2D eigenvalue weighted by Crippen LogP contribution is 1.89. The monoisotopic (exact) mass is 99.1 g/mol. The molecule has 2 N–H and O–H groups in total. The zero-order valence-corrected chi connectivity index (χ0v) is 3.90. The molecular weight excluding hydrogens is 92.1 g/mol. The summed E-state index contributed by atoms with van der Waals surface area (Å²) in [6, 6.07) is 0. The maximum Gasteiger partial charge on any atom is 0.204 e. The Morgan fingerprint density at radius 3 is 2.29 bits per heavy atom. The van der Waals surface area contributed by atoms with Crippen molar-refractivity contribution in [3.8, 4) is 0 Å². The van der Waals surface area contributed by atoms with Crippen LogP contribution in [0, 0.1) is 5.92 Å². The lowest BCUT2D eigenvalue weighted by molar-refractivity contribution is 0.533. The van der Waals surface area contributed by atoms with E-state index in [-0.39, 0.29) is 5.92 Å². The molecule has 0 aromatic carbocycles. The highest BCUT2D eigenvalue weighted by Gasteiger charge is 2.11. The molecule has 1 fully saturated rings. The molecule has 0 spiro atoms. The van der Waals surface area contributed by atoms with Gasteiger partial charge in [-0.1, -0.05) is 0 Å². The summed E-state index contributed by atoms with van der Waals surface area (Å²) in [5.74, 6) is 0.0694. The zero-order valence-electron chi connectivity index (χ0n) is 3.90. The minimum absolute atomic E-state index is 0.0694. The molecule has 0 aliphatic carbocycles. The normalized spacial score (nSPS) is 22.9. The molecule has 0 atom stereocenters. The third kappa shape index (κ3) is 0.976. The smallest absolute Gasteiger partial charge is 0.204 e. The van der Waals surface area contributed by atoms with Crippen molar-refractivity contribution >= 4 is 6.29 Å². The van der Waals surface area contributed by atoms with Crippen LogP contribution < -0.4 is 10.9 Å². The van der Waals surface area contributed by atoms with Gasteiger partial charge in [-0.05, 0) is 0 Å². The predicted molar refractivity (Wildman–Crippen MR) is 25.2 cm³/mol. The largest absolute Gasteiger partial charge is 0.290 e. The molecular formula is C4H7N2O. The van der Waals surface area contributed by atoms with E-state index in [1.165, 1.54) is 0 Å². The van der Waals surface area contributed by atoms with Crippen LogP contribution in [0.3, 0.4) is 0 Å². The van der Waals surface area contributed by atoms with Gasteiger partial charge in [-0.3, -0.25) is 15.6 Å². The molecule has 1 aliphatic heterocycles. The summed E-state index contributed by atoms with van der Waals surface area (Å²) in [4.78, 5) is 9.80. The molecule has 1 saturated heterocycles. The van der Waals surface area contributed by atoms with Gasteiger partial charge in [-0.15, -0.1) is 0 Å². The van der Waals surface area contributed by atoms with Crippen molar-refractivity contribution in [1.29, 1.82) is 0 Å². The summed E-state index contributed by atoms with van der Waals surface area (Å²) in [7, 11) is 0. The van der Waals surface area contributed by atoms with E-state index < -0.39 is 0 Å². The van der Waals surface area contributed by atoms with Gasteiger partial charge < -0.3 is 0 Å². The number of rotatable bonds is 1. The first kappa shape index (κ1) is 4.74. The lowest BCUT2D eigenvalue weighted by atomic mass is 10.2. The number of hydrogen-bond acceptors (Lipinski definition) is 3. The molecule has 1 heterocycles. The number of nitrogens with one attached hydrogen (secondary N) is 2. The maximum absolute atomic E-state index is 9.80.